The molecule has 0 saturated carbocycles. The molecule has 2 aromatic carbocycles. The Labute approximate surface area is 131 Å². The molecule has 0 atom stereocenters. The zero-order valence-electron chi connectivity index (χ0n) is 12.8. The van der Waals surface area contributed by atoms with Crippen molar-refractivity contribution < 1.29 is 10.0 Å². The normalized spacial score (nSPS) is 10.3. The lowest BCUT2D eigenvalue weighted by Gasteiger charge is -2.16. The first-order chi connectivity index (χ1) is 10.7. The number of nitrogens with zero attached hydrogens (tertiary/aromatic N) is 1. The van der Waals surface area contributed by atoms with Crippen LogP contribution in [0.4, 0.5) is 4.79 Å². The third-order valence-corrected chi connectivity index (χ3v) is 3.43. The Morgan fingerprint density at radius 3 is 2.32 bits per heavy atom. The number of hydroxylamine groups is 2. The van der Waals surface area contributed by atoms with Gasteiger partial charge in [-0.3, -0.25) is 5.21 Å². The summed E-state index contributed by atoms with van der Waals surface area (Å²) in [4.78, 5) is 11.7. The van der Waals surface area contributed by atoms with Crippen molar-refractivity contribution in [3.63, 3.8) is 0 Å². The first-order valence-corrected chi connectivity index (χ1v) is 7.59. The van der Waals surface area contributed by atoms with Gasteiger partial charge >= 0.3 is 6.03 Å². The van der Waals surface area contributed by atoms with Gasteiger partial charge in [-0.05, 0) is 23.1 Å². The Kier molecular flexibility index (Phi) is 5.98. The maximum Gasteiger partial charge on any atom is 0.341 e. The van der Waals surface area contributed by atoms with Crippen LogP contribution in [-0.2, 0) is 6.54 Å². The Bertz CT molecular complexity index is 582. The summed E-state index contributed by atoms with van der Waals surface area (Å²) in [5.74, 6) is 0. The van der Waals surface area contributed by atoms with E-state index in [1.165, 1.54) is 0 Å². The molecule has 2 aromatic rings. The standard InChI is InChI=1S/C18H22N2O2/c1-2-3-13-19-18(21)20(22)14-15-9-11-17(12-10-15)16-7-5-4-6-8-16/h4-12,22H,2-3,13-14H2,1H3,(H,19,21). The lowest BCUT2D eigenvalue weighted by molar-refractivity contribution is -0.0507. The predicted molar refractivity (Wildman–Crippen MR) is 87.5 cm³/mol. The van der Waals surface area contributed by atoms with Gasteiger partial charge in [0.05, 0.1) is 6.54 Å². The minimum absolute atomic E-state index is 0.174. The molecule has 2 amide bonds. The maximum absolute atomic E-state index is 11.7. The molecule has 4 heteroatoms. The second kappa shape index (κ2) is 8.20. The Morgan fingerprint density at radius 2 is 1.68 bits per heavy atom. The van der Waals surface area contributed by atoms with E-state index in [4.69, 9.17) is 0 Å². The first kappa shape index (κ1) is 16.0. The molecule has 0 aliphatic heterocycles. The van der Waals surface area contributed by atoms with E-state index in [0.717, 1.165) is 29.5 Å². The molecule has 2 N–H and O–H groups in total. The average Bonchev–Trinajstić information content (AvgIpc) is 2.56. The summed E-state index contributed by atoms with van der Waals surface area (Å²) in [6.45, 7) is 2.81. The number of unbranched alkanes of at least 4 members (excludes halogenated alkanes) is 1. The van der Waals surface area contributed by atoms with Gasteiger partial charge in [-0.2, -0.15) is 0 Å². The van der Waals surface area contributed by atoms with E-state index >= 15 is 0 Å². The minimum atomic E-state index is -0.458. The van der Waals surface area contributed by atoms with Crippen LogP contribution in [0.25, 0.3) is 11.1 Å². The van der Waals surface area contributed by atoms with Crippen LogP contribution >= 0.6 is 0 Å². The van der Waals surface area contributed by atoms with Crippen LogP contribution in [0.2, 0.25) is 0 Å². The molecule has 0 fully saturated rings. The van der Waals surface area contributed by atoms with Crippen molar-refractivity contribution in [2.45, 2.75) is 26.3 Å². The van der Waals surface area contributed by atoms with Gasteiger partial charge in [0.1, 0.15) is 0 Å². The molecule has 0 aromatic heterocycles. The van der Waals surface area contributed by atoms with E-state index in [0.29, 0.717) is 11.6 Å². The van der Waals surface area contributed by atoms with Crippen LogP contribution in [0.15, 0.2) is 54.6 Å². The number of benzene rings is 2. The smallest absolute Gasteiger partial charge is 0.336 e. The van der Waals surface area contributed by atoms with Crippen LogP contribution in [0.5, 0.6) is 0 Å². The summed E-state index contributed by atoms with van der Waals surface area (Å²) < 4.78 is 0. The summed E-state index contributed by atoms with van der Waals surface area (Å²) >= 11 is 0. The van der Waals surface area contributed by atoms with Gasteiger partial charge in [0, 0.05) is 6.54 Å². The van der Waals surface area contributed by atoms with E-state index in [-0.39, 0.29) is 6.54 Å². The molecule has 0 saturated heterocycles. The highest BCUT2D eigenvalue weighted by molar-refractivity contribution is 5.72. The molecule has 2 rings (SSSR count). The van der Waals surface area contributed by atoms with E-state index in [1.54, 1.807) is 0 Å². The third-order valence-electron chi connectivity index (χ3n) is 3.43. The molecular weight excluding hydrogens is 276 g/mol. The molecule has 0 spiro atoms. The molecule has 0 unspecified atom stereocenters. The fraction of sp³-hybridized carbons (Fsp3) is 0.278. The van der Waals surface area contributed by atoms with Crippen LogP contribution < -0.4 is 5.32 Å². The maximum atomic E-state index is 11.7. The molecule has 0 aliphatic carbocycles. The van der Waals surface area contributed by atoms with Gasteiger partial charge in [-0.15, -0.1) is 0 Å². The summed E-state index contributed by atoms with van der Waals surface area (Å²) in [6.07, 6.45) is 1.91. The summed E-state index contributed by atoms with van der Waals surface area (Å²) in [7, 11) is 0. The largest absolute Gasteiger partial charge is 0.341 e. The van der Waals surface area contributed by atoms with E-state index in [9.17, 15) is 10.0 Å². The van der Waals surface area contributed by atoms with Gasteiger partial charge in [0.25, 0.3) is 0 Å². The van der Waals surface area contributed by atoms with E-state index in [1.807, 2.05) is 42.5 Å². The zero-order chi connectivity index (χ0) is 15.8. The molecule has 0 radical (unpaired) electrons. The number of urea groups is 1. The molecule has 22 heavy (non-hydrogen) atoms. The highest BCUT2D eigenvalue weighted by Crippen LogP contribution is 2.19. The summed E-state index contributed by atoms with van der Waals surface area (Å²) in [5.41, 5.74) is 3.14. The van der Waals surface area contributed by atoms with Crippen molar-refractivity contribution >= 4 is 6.03 Å². The average molecular weight is 298 g/mol. The second-order valence-corrected chi connectivity index (χ2v) is 5.21. The molecule has 4 nitrogen and oxygen atoms in total. The van der Waals surface area contributed by atoms with Gasteiger partial charge < -0.3 is 5.32 Å². The summed E-state index contributed by atoms with van der Waals surface area (Å²) in [5, 5.41) is 13.2. The number of hydrogen-bond donors (Lipinski definition) is 2. The van der Waals surface area contributed by atoms with Crippen LogP contribution in [-0.4, -0.2) is 22.8 Å². The topological polar surface area (TPSA) is 52.6 Å². The lowest BCUT2D eigenvalue weighted by Crippen LogP contribution is -2.37. The fourth-order valence-corrected chi connectivity index (χ4v) is 2.14. The van der Waals surface area contributed by atoms with Crippen molar-refractivity contribution in [3.05, 3.63) is 60.2 Å². The van der Waals surface area contributed by atoms with E-state index < -0.39 is 6.03 Å². The van der Waals surface area contributed by atoms with Crippen molar-refractivity contribution in [2.75, 3.05) is 6.54 Å². The lowest BCUT2D eigenvalue weighted by atomic mass is 10.0. The Balaban J connectivity index is 1.92. The molecule has 116 valence electrons. The van der Waals surface area contributed by atoms with Gasteiger partial charge in [0.15, 0.2) is 0 Å². The third kappa shape index (κ3) is 4.60. The van der Waals surface area contributed by atoms with Crippen LogP contribution in [0, 0.1) is 0 Å². The van der Waals surface area contributed by atoms with Gasteiger partial charge in [-0.1, -0.05) is 67.9 Å². The van der Waals surface area contributed by atoms with Crippen molar-refractivity contribution in [2.24, 2.45) is 0 Å². The van der Waals surface area contributed by atoms with Crippen LogP contribution in [0.3, 0.4) is 0 Å². The fourth-order valence-electron chi connectivity index (χ4n) is 2.14. The Morgan fingerprint density at radius 1 is 1.05 bits per heavy atom. The number of nitrogens with one attached hydrogen (secondary N) is 1. The quantitative estimate of drug-likeness (QED) is 0.480. The number of rotatable bonds is 6. The number of amides is 2. The summed E-state index contributed by atoms with van der Waals surface area (Å²) in [6, 6.07) is 17.5. The molecule has 0 bridgehead atoms. The van der Waals surface area contributed by atoms with Crippen LogP contribution in [0.1, 0.15) is 25.3 Å². The zero-order valence-corrected chi connectivity index (χ0v) is 12.8. The van der Waals surface area contributed by atoms with Crippen molar-refractivity contribution in [1.82, 2.24) is 10.4 Å². The van der Waals surface area contributed by atoms with Crippen molar-refractivity contribution in [3.8, 4) is 11.1 Å². The minimum Gasteiger partial charge on any atom is -0.336 e. The molecule has 0 aliphatic rings. The number of carbonyl (C=O) groups excluding carboxylic acids is 1. The van der Waals surface area contributed by atoms with Gasteiger partial charge in [-0.25, -0.2) is 9.86 Å². The number of carbonyl (C=O) groups is 1. The van der Waals surface area contributed by atoms with Crippen molar-refractivity contribution in [1.29, 1.82) is 0 Å². The number of hydrogen-bond acceptors (Lipinski definition) is 2. The van der Waals surface area contributed by atoms with Gasteiger partial charge in [0.2, 0.25) is 0 Å². The highest BCUT2D eigenvalue weighted by Gasteiger charge is 2.10. The molecule has 0 heterocycles. The molecular formula is C18H22N2O2. The monoisotopic (exact) mass is 298 g/mol. The predicted octanol–water partition coefficient (Wildman–Crippen LogP) is 4.05. The Hall–Kier alpha value is -2.33. The van der Waals surface area contributed by atoms with E-state index in [2.05, 4.69) is 24.4 Å². The first-order valence-electron chi connectivity index (χ1n) is 7.59. The highest BCUT2D eigenvalue weighted by atomic mass is 16.5. The second-order valence-electron chi connectivity index (χ2n) is 5.21. The SMILES string of the molecule is CCCCNC(=O)N(O)Cc1ccc(-c2ccccc2)cc1.